The van der Waals surface area contributed by atoms with Crippen LogP contribution in [0.15, 0.2) is 30.3 Å². The van der Waals surface area contributed by atoms with E-state index in [-0.39, 0.29) is 5.12 Å². The van der Waals surface area contributed by atoms with Crippen LogP contribution in [0.1, 0.15) is 32.6 Å². The summed E-state index contributed by atoms with van der Waals surface area (Å²) in [5.41, 5.74) is 5.14. The Labute approximate surface area is 142 Å². The minimum absolute atomic E-state index is 0.250. The molecule has 0 bridgehead atoms. The maximum Gasteiger partial charge on any atom is 0.216 e. The van der Waals surface area contributed by atoms with Crippen molar-refractivity contribution in [1.82, 2.24) is 0 Å². The van der Waals surface area contributed by atoms with E-state index in [1.54, 1.807) is 0 Å². The van der Waals surface area contributed by atoms with E-state index in [2.05, 4.69) is 12.6 Å². The van der Waals surface area contributed by atoms with E-state index in [9.17, 15) is 9.90 Å². The van der Waals surface area contributed by atoms with Gasteiger partial charge in [0.2, 0.25) is 5.12 Å². The first-order valence-corrected chi connectivity index (χ1v) is 7.76. The fourth-order valence-electron chi connectivity index (χ4n) is 2.39. The van der Waals surface area contributed by atoms with Crippen molar-refractivity contribution in [1.29, 1.82) is 0 Å². The number of benzene rings is 2. The number of thiol groups is 1. The van der Waals surface area contributed by atoms with Crippen molar-refractivity contribution in [2.45, 2.75) is 13.8 Å². The largest absolute Gasteiger partial charge is 0.507 e. The number of phenols is 1. The Morgan fingerprint density at radius 3 is 2.00 bits per heavy atom. The molecule has 1 N–H and O–H groups in total. The fourth-order valence-corrected chi connectivity index (χ4v) is 2.52. The van der Waals surface area contributed by atoms with E-state index in [0.29, 0.717) is 11.3 Å². The van der Waals surface area contributed by atoms with Crippen molar-refractivity contribution >= 4 is 35.6 Å². The quantitative estimate of drug-likeness (QED) is 0.649. The molecule has 2 aromatic rings. The molecule has 2 rings (SSSR count). The average Bonchev–Trinajstić information content (AvgIpc) is 2.50. The molecule has 3 nitrogen and oxygen atoms in total. The first-order valence-electron chi connectivity index (χ1n) is 7.32. The molecule has 0 spiro atoms. The number of aromatic hydroxyl groups is 1. The molecule has 0 aliphatic heterocycles. The first-order chi connectivity index (χ1) is 10.8. The van der Waals surface area contributed by atoms with E-state index in [1.165, 1.54) is 0 Å². The molecule has 120 valence electrons. The number of nitrogens with zero attached hydrogens (tertiary/aromatic N) is 1. The summed E-state index contributed by atoms with van der Waals surface area (Å²) in [6, 6.07) is 9.51. The molecular weight excluding hydrogens is 306 g/mol. The number of carbonyl (C=O) groups excluding carboxylic acids is 1. The van der Waals surface area contributed by atoms with Gasteiger partial charge in [-0.05, 0) is 66.4 Å². The smallest absolute Gasteiger partial charge is 0.216 e. The second kappa shape index (κ2) is 6.92. The lowest BCUT2D eigenvalue weighted by molar-refractivity contribution is 0.109. The van der Waals surface area contributed by atoms with E-state index < -0.39 is 0 Å². The van der Waals surface area contributed by atoms with Crippen LogP contribution < -0.4 is 4.90 Å². The normalized spacial score (nSPS) is 11.0. The van der Waals surface area contributed by atoms with Crippen molar-refractivity contribution in [2.75, 3.05) is 19.0 Å². The number of rotatable bonds is 4. The summed E-state index contributed by atoms with van der Waals surface area (Å²) in [6.45, 7) is 3.76. The molecule has 0 unspecified atom stereocenters. The zero-order chi connectivity index (χ0) is 17.1. The van der Waals surface area contributed by atoms with Crippen LogP contribution in [0.3, 0.4) is 0 Å². The molecular formula is C19H21NO2S. The molecule has 23 heavy (non-hydrogen) atoms. The number of aryl methyl sites for hydroxylation is 2. The Morgan fingerprint density at radius 2 is 1.52 bits per heavy atom. The van der Waals surface area contributed by atoms with Crippen molar-refractivity contribution in [3.05, 3.63) is 58.1 Å². The Kier molecular flexibility index (Phi) is 5.16. The van der Waals surface area contributed by atoms with Gasteiger partial charge >= 0.3 is 0 Å². The Bertz CT molecular complexity index is 756. The van der Waals surface area contributed by atoms with E-state index in [4.69, 9.17) is 0 Å². The lowest BCUT2D eigenvalue weighted by atomic mass is 10.0. The minimum atomic E-state index is -0.250. The second-order valence-corrected chi connectivity index (χ2v) is 6.26. The summed E-state index contributed by atoms with van der Waals surface area (Å²) in [6.07, 6.45) is 3.93. The highest BCUT2D eigenvalue weighted by Gasteiger charge is 2.06. The summed E-state index contributed by atoms with van der Waals surface area (Å²) in [4.78, 5) is 13.5. The van der Waals surface area contributed by atoms with Crippen LogP contribution >= 0.6 is 12.6 Å². The number of hydrogen-bond donors (Lipinski definition) is 2. The number of phenolic OH excluding ortho intramolecular Hbond substituents is 1. The van der Waals surface area contributed by atoms with Gasteiger partial charge in [0, 0.05) is 25.3 Å². The molecule has 2 aromatic carbocycles. The molecule has 0 aromatic heterocycles. The SMILES string of the molecule is Cc1cc(C=Cc2cc(C(=O)S)cc(N(C)C)c2)cc(C)c1O. The van der Waals surface area contributed by atoms with Gasteiger partial charge in [-0.2, -0.15) is 0 Å². The molecule has 0 fully saturated rings. The third kappa shape index (κ3) is 4.17. The van der Waals surface area contributed by atoms with Gasteiger partial charge in [0.25, 0.3) is 0 Å². The maximum absolute atomic E-state index is 11.6. The number of carbonyl (C=O) groups is 1. The number of anilines is 1. The summed E-state index contributed by atoms with van der Waals surface area (Å²) >= 11 is 3.92. The Hall–Kier alpha value is -2.20. The van der Waals surface area contributed by atoms with Crippen LogP contribution in [0, 0.1) is 13.8 Å². The van der Waals surface area contributed by atoms with Crippen molar-refractivity contribution in [3.8, 4) is 5.75 Å². The predicted molar refractivity (Wildman–Crippen MR) is 101 cm³/mol. The van der Waals surface area contributed by atoms with Crippen molar-refractivity contribution < 1.29 is 9.90 Å². The van der Waals surface area contributed by atoms with Gasteiger partial charge < -0.3 is 10.0 Å². The highest BCUT2D eigenvalue weighted by molar-refractivity contribution is 7.97. The predicted octanol–water partition coefficient (Wildman–Crippen LogP) is 4.32. The van der Waals surface area contributed by atoms with Gasteiger partial charge in [-0.1, -0.05) is 12.2 Å². The highest BCUT2D eigenvalue weighted by atomic mass is 32.1. The van der Waals surface area contributed by atoms with Gasteiger partial charge in [0.05, 0.1) is 0 Å². The maximum atomic E-state index is 11.6. The first kappa shape index (κ1) is 17.2. The fraction of sp³-hybridized carbons (Fsp3) is 0.211. The third-order valence-corrected chi connectivity index (χ3v) is 3.94. The highest BCUT2D eigenvalue weighted by Crippen LogP contribution is 2.25. The third-order valence-electron chi connectivity index (χ3n) is 3.69. The summed E-state index contributed by atoms with van der Waals surface area (Å²) < 4.78 is 0. The van der Waals surface area contributed by atoms with Crippen LogP contribution in [0.2, 0.25) is 0 Å². The summed E-state index contributed by atoms with van der Waals surface area (Å²) in [5, 5.41) is 9.59. The zero-order valence-electron chi connectivity index (χ0n) is 13.8. The molecule has 0 aliphatic carbocycles. The lowest BCUT2D eigenvalue weighted by Gasteiger charge is -2.14. The lowest BCUT2D eigenvalue weighted by Crippen LogP contribution is -2.09. The van der Waals surface area contributed by atoms with Gasteiger partial charge in [0.15, 0.2) is 0 Å². The van der Waals surface area contributed by atoms with Gasteiger partial charge in [-0.25, -0.2) is 0 Å². The topological polar surface area (TPSA) is 40.5 Å². The zero-order valence-corrected chi connectivity index (χ0v) is 14.7. The molecule has 0 radical (unpaired) electrons. The molecule has 0 atom stereocenters. The van der Waals surface area contributed by atoms with E-state index >= 15 is 0 Å². The monoisotopic (exact) mass is 327 g/mol. The van der Waals surface area contributed by atoms with Gasteiger partial charge in [-0.3, -0.25) is 4.79 Å². The molecule has 0 amide bonds. The van der Waals surface area contributed by atoms with Crippen LogP contribution in [0.5, 0.6) is 5.75 Å². The number of hydrogen-bond acceptors (Lipinski definition) is 3. The van der Waals surface area contributed by atoms with Crippen LogP contribution in [-0.2, 0) is 0 Å². The van der Waals surface area contributed by atoms with E-state index in [0.717, 1.165) is 27.9 Å². The van der Waals surface area contributed by atoms with E-state index in [1.807, 2.05) is 75.3 Å². The Morgan fingerprint density at radius 1 is 1.00 bits per heavy atom. The van der Waals surface area contributed by atoms with Gasteiger partial charge in [0.1, 0.15) is 5.75 Å². The summed E-state index contributed by atoms with van der Waals surface area (Å²) in [5.74, 6) is 0.333. The second-order valence-electron chi connectivity index (χ2n) is 5.85. The molecule has 0 aliphatic rings. The Balaban J connectivity index is 2.41. The molecule has 0 saturated heterocycles. The standard InChI is InChI=1S/C19H21NO2S/c1-12-7-14(8-13(2)18(12)21)5-6-15-9-16(19(22)23)11-17(10-15)20(3)4/h5-11,21H,1-4H3,(H,22,23). The molecule has 0 heterocycles. The molecule has 4 heteroatoms. The summed E-state index contributed by atoms with van der Waals surface area (Å²) in [7, 11) is 3.87. The minimum Gasteiger partial charge on any atom is -0.507 e. The van der Waals surface area contributed by atoms with Crippen LogP contribution in [0.4, 0.5) is 5.69 Å². The average molecular weight is 327 g/mol. The van der Waals surface area contributed by atoms with Crippen LogP contribution in [0.25, 0.3) is 12.2 Å². The van der Waals surface area contributed by atoms with Crippen LogP contribution in [-0.4, -0.2) is 24.3 Å². The van der Waals surface area contributed by atoms with Gasteiger partial charge in [-0.15, -0.1) is 12.6 Å². The molecule has 0 saturated carbocycles. The van der Waals surface area contributed by atoms with Crippen molar-refractivity contribution in [2.24, 2.45) is 0 Å². The van der Waals surface area contributed by atoms with Crippen molar-refractivity contribution in [3.63, 3.8) is 0 Å².